The van der Waals surface area contributed by atoms with Crippen LogP contribution in [0.15, 0.2) is 35.1 Å². The first-order chi connectivity index (χ1) is 10.5. The van der Waals surface area contributed by atoms with Crippen molar-refractivity contribution in [2.24, 2.45) is 0 Å². The maximum absolute atomic E-state index is 11.7. The summed E-state index contributed by atoms with van der Waals surface area (Å²) in [6, 6.07) is 9.22. The molecule has 0 fully saturated rings. The third kappa shape index (κ3) is 3.82. The number of hydrogen-bond acceptors (Lipinski definition) is 5. The van der Waals surface area contributed by atoms with Gasteiger partial charge in [-0.3, -0.25) is 15.6 Å². The van der Waals surface area contributed by atoms with Gasteiger partial charge in [-0.15, -0.1) is 0 Å². The molecular formula is C12H15N7O2S. The van der Waals surface area contributed by atoms with Gasteiger partial charge in [0.15, 0.2) is 5.11 Å². The zero-order chi connectivity index (χ0) is 16.1. The van der Waals surface area contributed by atoms with Gasteiger partial charge in [-0.05, 0) is 31.3 Å². The van der Waals surface area contributed by atoms with E-state index in [-0.39, 0.29) is 11.7 Å². The first kappa shape index (κ1) is 15.5. The van der Waals surface area contributed by atoms with Gasteiger partial charge in [0.2, 0.25) is 0 Å². The van der Waals surface area contributed by atoms with Crippen molar-refractivity contribution in [2.75, 3.05) is 11.2 Å². The molecule has 1 heterocycles. The van der Waals surface area contributed by atoms with Gasteiger partial charge in [-0.25, -0.2) is 9.48 Å². The lowest BCUT2D eigenvalue weighted by Gasteiger charge is -2.11. The minimum Gasteiger partial charge on any atom is -0.333 e. The van der Waals surface area contributed by atoms with E-state index >= 15 is 0 Å². The number of carbonyl (C=O) groups excluding carboxylic acids is 1. The molecule has 1 aromatic heterocycles. The Morgan fingerprint density at radius 2 is 2.00 bits per heavy atom. The number of nitrogen functional groups attached to an aromatic ring is 1. The average molecular weight is 321 g/mol. The number of nitrogens with one attached hydrogen (secondary N) is 3. The number of hydrazine groups is 1. The molecule has 22 heavy (non-hydrogen) atoms. The lowest BCUT2D eigenvalue weighted by atomic mass is 10.3. The molecule has 10 heteroatoms. The van der Waals surface area contributed by atoms with Crippen LogP contribution in [0.1, 0.15) is 5.82 Å². The number of hydrogen-bond donors (Lipinski definition) is 4. The standard InChI is InChI=1S/C12H15N7O2S/c1-8-17-18(12(21)19(8)13)7-10(20)15-16-11(22)14-9-5-3-2-4-6-9/h2-6H,7,13H2,1H3,(H,15,20)(H2,14,16,22). The highest BCUT2D eigenvalue weighted by Gasteiger charge is 2.11. The molecule has 0 saturated carbocycles. The second-order valence-electron chi connectivity index (χ2n) is 4.35. The Labute approximate surface area is 131 Å². The normalized spacial score (nSPS) is 10.0. The Bertz CT molecular complexity index is 738. The van der Waals surface area contributed by atoms with Crippen LogP contribution in [0.2, 0.25) is 0 Å². The lowest BCUT2D eigenvalue weighted by molar-refractivity contribution is -0.122. The van der Waals surface area contributed by atoms with Crippen LogP contribution >= 0.6 is 12.2 Å². The minimum atomic E-state index is -0.572. The number of benzene rings is 1. The molecule has 1 aromatic carbocycles. The van der Waals surface area contributed by atoms with Crippen molar-refractivity contribution in [3.63, 3.8) is 0 Å². The van der Waals surface area contributed by atoms with E-state index in [1.165, 1.54) is 0 Å². The van der Waals surface area contributed by atoms with Gasteiger partial charge in [0.25, 0.3) is 5.91 Å². The number of para-hydroxylation sites is 1. The zero-order valence-corrected chi connectivity index (χ0v) is 12.6. The Balaban J connectivity index is 1.84. The summed E-state index contributed by atoms with van der Waals surface area (Å²) in [6.07, 6.45) is 0. The van der Waals surface area contributed by atoms with Gasteiger partial charge in [0.05, 0.1) is 0 Å². The van der Waals surface area contributed by atoms with Crippen LogP contribution in [0.5, 0.6) is 0 Å². The van der Waals surface area contributed by atoms with E-state index in [1.54, 1.807) is 6.92 Å². The molecule has 0 bridgehead atoms. The fraction of sp³-hybridized carbons (Fsp3) is 0.167. The lowest BCUT2D eigenvalue weighted by Crippen LogP contribution is -2.46. The van der Waals surface area contributed by atoms with Crippen LogP contribution in [0.3, 0.4) is 0 Å². The Morgan fingerprint density at radius 1 is 1.32 bits per heavy atom. The van der Waals surface area contributed by atoms with Crippen molar-refractivity contribution in [1.29, 1.82) is 0 Å². The molecule has 0 atom stereocenters. The van der Waals surface area contributed by atoms with Crippen LogP contribution in [-0.4, -0.2) is 25.5 Å². The topological polar surface area (TPSA) is 119 Å². The number of aryl methyl sites for hydroxylation is 1. The number of carbonyl (C=O) groups is 1. The minimum absolute atomic E-state index is 0.215. The van der Waals surface area contributed by atoms with Gasteiger partial charge in [-0.1, -0.05) is 18.2 Å². The summed E-state index contributed by atoms with van der Waals surface area (Å²) in [5, 5.41) is 6.95. The highest BCUT2D eigenvalue weighted by Crippen LogP contribution is 2.03. The van der Waals surface area contributed by atoms with E-state index in [1.807, 2.05) is 30.3 Å². The smallest absolute Gasteiger partial charge is 0.333 e. The second-order valence-corrected chi connectivity index (χ2v) is 4.76. The second kappa shape index (κ2) is 6.72. The molecule has 0 aliphatic rings. The monoisotopic (exact) mass is 321 g/mol. The van der Waals surface area contributed by atoms with Gasteiger partial charge < -0.3 is 11.2 Å². The maximum atomic E-state index is 11.7. The summed E-state index contributed by atoms with van der Waals surface area (Å²) in [5.41, 5.74) is 5.11. The van der Waals surface area contributed by atoms with Crippen molar-refractivity contribution in [2.45, 2.75) is 13.5 Å². The molecule has 116 valence electrons. The summed E-state index contributed by atoms with van der Waals surface area (Å²) < 4.78 is 1.82. The van der Waals surface area contributed by atoms with Gasteiger partial charge in [0.1, 0.15) is 12.4 Å². The van der Waals surface area contributed by atoms with Crippen LogP contribution in [0.25, 0.3) is 0 Å². The molecular weight excluding hydrogens is 306 g/mol. The summed E-state index contributed by atoms with van der Waals surface area (Å²) >= 11 is 5.02. The Morgan fingerprint density at radius 3 is 2.59 bits per heavy atom. The van der Waals surface area contributed by atoms with E-state index in [0.717, 1.165) is 15.0 Å². The molecule has 2 aromatic rings. The highest BCUT2D eigenvalue weighted by atomic mass is 32.1. The third-order valence-corrected chi connectivity index (χ3v) is 2.89. The van der Waals surface area contributed by atoms with Gasteiger partial charge in [0, 0.05) is 5.69 Å². The molecule has 5 N–H and O–H groups in total. The SMILES string of the molecule is Cc1nn(CC(=O)NNC(=S)Nc2ccccc2)c(=O)n1N. The van der Waals surface area contributed by atoms with Gasteiger partial charge in [-0.2, -0.15) is 9.77 Å². The summed E-state index contributed by atoms with van der Waals surface area (Å²) in [6.45, 7) is 1.29. The predicted molar refractivity (Wildman–Crippen MR) is 85.3 cm³/mol. The van der Waals surface area contributed by atoms with Crippen molar-refractivity contribution < 1.29 is 4.79 Å². The molecule has 0 aliphatic carbocycles. The molecule has 9 nitrogen and oxygen atoms in total. The molecule has 1 amide bonds. The molecule has 0 unspecified atom stereocenters. The number of rotatable bonds is 3. The molecule has 0 saturated heterocycles. The summed E-state index contributed by atoms with van der Waals surface area (Å²) in [4.78, 5) is 23.3. The van der Waals surface area contributed by atoms with E-state index < -0.39 is 11.6 Å². The fourth-order valence-electron chi connectivity index (χ4n) is 1.62. The number of anilines is 1. The Hall–Kier alpha value is -2.88. The first-order valence-corrected chi connectivity index (χ1v) is 6.70. The number of nitrogens with zero attached hydrogens (tertiary/aromatic N) is 3. The summed E-state index contributed by atoms with van der Waals surface area (Å²) in [5.74, 6) is 5.25. The molecule has 0 radical (unpaired) electrons. The third-order valence-electron chi connectivity index (χ3n) is 2.68. The van der Waals surface area contributed by atoms with Crippen LogP contribution in [-0.2, 0) is 11.3 Å². The van der Waals surface area contributed by atoms with E-state index in [2.05, 4.69) is 21.3 Å². The number of thiocarbonyl (C=S) groups is 1. The maximum Gasteiger partial charge on any atom is 0.365 e. The highest BCUT2D eigenvalue weighted by molar-refractivity contribution is 7.80. The van der Waals surface area contributed by atoms with Crippen molar-refractivity contribution in [3.05, 3.63) is 46.6 Å². The fourth-order valence-corrected chi connectivity index (χ4v) is 1.79. The van der Waals surface area contributed by atoms with E-state index in [0.29, 0.717) is 5.82 Å². The first-order valence-electron chi connectivity index (χ1n) is 6.30. The summed E-state index contributed by atoms with van der Waals surface area (Å²) in [7, 11) is 0. The Kier molecular flexibility index (Phi) is 4.73. The van der Waals surface area contributed by atoms with E-state index in [4.69, 9.17) is 18.1 Å². The van der Waals surface area contributed by atoms with Crippen LogP contribution < -0.4 is 27.7 Å². The van der Waals surface area contributed by atoms with Crippen molar-refractivity contribution in [3.8, 4) is 0 Å². The quantitative estimate of drug-likeness (QED) is 0.328. The predicted octanol–water partition coefficient (Wildman–Crippen LogP) is -0.915. The molecule has 2 rings (SSSR count). The van der Waals surface area contributed by atoms with Crippen molar-refractivity contribution in [1.82, 2.24) is 25.3 Å². The zero-order valence-electron chi connectivity index (χ0n) is 11.7. The van der Waals surface area contributed by atoms with Crippen molar-refractivity contribution >= 4 is 28.9 Å². The number of aromatic nitrogens is 3. The number of nitrogens with two attached hydrogens (primary N) is 1. The largest absolute Gasteiger partial charge is 0.365 e. The average Bonchev–Trinajstić information content (AvgIpc) is 2.73. The van der Waals surface area contributed by atoms with Crippen LogP contribution in [0, 0.1) is 6.92 Å². The van der Waals surface area contributed by atoms with Crippen LogP contribution in [0.4, 0.5) is 5.69 Å². The van der Waals surface area contributed by atoms with E-state index in [9.17, 15) is 9.59 Å². The van der Waals surface area contributed by atoms with Gasteiger partial charge >= 0.3 is 5.69 Å². The number of amides is 1. The molecule has 0 spiro atoms. The molecule has 0 aliphatic heterocycles.